The third kappa shape index (κ3) is 3.99. The molecule has 0 saturated heterocycles. The lowest BCUT2D eigenvalue weighted by molar-refractivity contribution is -0.114. The lowest BCUT2D eigenvalue weighted by atomic mass is 10.1. The van der Waals surface area contributed by atoms with Crippen molar-refractivity contribution in [3.63, 3.8) is 0 Å². The SMILES string of the molecule is COc1ccc(NC(=O)c2ccc3c(c2)c(-c2cc4ccccc4n2C)nn3C)cc1NC(C)=O. The lowest BCUT2D eigenvalue weighted by Crippen LogP contribution is -2.13. The van der Waals surface area contributed by atoms with Gasteiger partial charge in [0.25, 0.3) is 5.91 Å². The summed E-state index contributed by atoms with van der Waals surface area (Å²) in [5.41, 5.74) is 5.36. The number of fused-ring (bicyclic) bond motifs is 2. The zero-order chi connectivity index (χ0) is 24.7. The van der Waals surface area contributed by atoms with E-state index in [4.69, 9.17) is 9.84 Å². The number of carbonyl (C=O) groups excluding carboxylic acids is 2. The molecule has 5 aromatic rings. The van der Waals surface area contributed by atoms with Crippen molar-refractivity contribution in [1.29, 1.82) is 0 Å². The molecule has 0 radical (unpaired) electrons. The van der Waals surface area contributed by atoms with Gasteiger partial charge in [-0.2, -0.15) is 5.10 Å². The van der Waals surface area contributed by atoms with E-state index in [1.54, 1.807) is 24.3 Å². The fourth-order valence-corrected chi connectivity index (χ4v) is 4.39. The Labute approximate surface area is 202 Å². The predicted molar refractivity (Wildman–Crippen MR) is 138 cm³/mol. The number of nitrogens with one attached hydrogen (secondary N) is 2. The van der Waals surface area contributed by atoms with Gasteiger partial charge in [0.15, 0.2) is 0 Å². The average molecular weight is 468 g/mol. The Bertz CT molecular complexity index is 1610. The van der Waals surface area contributed by atoms with Crippen LogP contribution in [0, 0.1) is 0 Å². The lowest BCUT2D eigenvalue weighted by Gasteiger charge is -2.12. The highest BCUT2D eigenvalue weighted by Crippen LogP contribution is 2.33. The molecule has 2 aromatic heterocycles. The first kappa shape index (κ1) is 22.2. The quantitative estimate of drug-likeness (QED) is 0.383. The molecule has 5 rings (SSSR count). The Balaban J connectivity index is 1.52. The van der Waals surface area contributed by atoms with Gasteiger partial charge in [-0.3, -0.25) is 14.3 Å². The molecule has 0 aliphatic heterocycles. The molecule has 2 N–H and O–H groups in total. The number of carbonyl (C=O) groups is 2. The van der Waals surface area contributed by atoms with Crippen molar-refractivity contribution in [3.8, 4) is 17.1 Å². The van der Waals surface area contributed by atoms with E-state index >= 15 is 0 Å². The topological polar surface area (TPSA) is 90.2 Å². The fourth-order valence-electron chi connectivity index (χ4n) is 4.39. The minimum atomic E-state index is -0.266. The van der Waals surface area contributed by atoms with Crippen LogP contribution in [0.25, 0.3) is 33.2 Å². The third-order valence-corrected chi connectivity index (χ3v) is 6.07. The number of methoxy groups -OCH3 is 1. The second-order valence-corrected chi connectivity index (χ2v) is 8.40. The number of aryl methyl sites for hydroxylation is 2. The summed E-state index contributed by atoms with van der Waals surface area (Å²) in [6.45, 7) is 1.42. The van der Waals surface area contributed by atoms with Crippen LogP contribution in [-0.4, -0.2) is 33.3 Å². The molecular weight excluding hydrogens is 442 g/mol. The molecule has 0 aliphatic rings. The van der Waals surface area contributed by atoms with Gasteiger partial charge in [0.1, 0.15) is 11.4 Å². The molecule has 3 aromatic carbocycles. The number of hydrogen-bond acceptors (Lipinski definition) is 4. The van der Waals surface area contributed by atoms with E-state index in [9.17, 15) is 9.59 Å². The Morgan fingerprint density at radius 3 is 2.46 bits per heavy atom. The van der Waals surface area contributed by atoms with E-state index < -0.39 is 0 Å². The van der Waals surface area contributed by atoms with Crippen LogP contribution in [0.15, 0.2) is 66.7 Å². The molecule has 35 heavy (non-hydrogen) atoms. The second kappa shape index (κ2) is 8.64. The zero-order valence-electron chi connectivity index (χ0n) is 19.9. The monoisotopic (exact) mass is 467 g/mol. The number of aromatic nitrogens is 3. The number of benzene rings is 3. The van der Waals surface area contributed by atoms with E-state index in [0.29, 0.717) is 22.7 Å². The maximum absolute atomic E-state index is 13.1. The van der Waals surface area contributed by atoms with Crippen molar-refractivity contribution >= 4 is 45.0 Å². The third-order valence-electron chi connectivity index (χ3n) is 6.07. The number of amides is 2. The maximum Gasteiger partial charge on any atom is 0.255 e. The highest BCUT2D eigenvalue weighted by molar-refractivity contribution is 6.08. The maximum atomic E-state index is 13.1. The highest BCUT2D eigenvalue weighted by atomic mass is 16.5. The van der Waals surface area contributed by atoms with E-state index in [2.05, 4.69) is 33.4 Å². The van der Waals surface area contributed by atoms with Gasteiger partial charge in [-0.05, 0) is 48.5 Å². The molecule has 2 heterocycles. The molecule has 0 aliphatic carbocycles. The number of nitrogens with zero attached hydrogens (tertiary/aromatic N) is 3. The van der Waals surface area contributed by atoms with E-state index in [-0.39, 0.29) is 11.8 Å². The summed E-state index contributed by atoms with van der Waals surface area (Å²) < 4.78 is 9.23. The molecule has 0 spiro atoms. The van der Waals surface area contributed by atoms with Crippen LogP contribution < -0.4 is 15.4 Å². The van der Waals surface area contributed by atoms with E-state index in [1.807, 2.05) is 43.0 Å². The Morgan fingerprint density at radius 1 is 0.914 bits per heavy atom. The Morgan fingerprint density at radius 2 is 1.71 bits per heavy atom. The zero-order valence-corrected chi connectivity index (χ0v) is 19.9. The van der Waals surface area contributed by atoms with E-state index in [0.717, 1.165) is 33.2 Å². The number of ether oxygens (including phenoxy) is 1. The van der Waals surface area contributed by atoms with Crippen LogP contribution in [0.4, 0.5) is 11.4 Å². The highest BCUT2D eigenvalue weighted by Gasteiger charge is 2.18. The Hall–Kier alpha value is -4.59. The Kier molecular flexibility index (Phi) is 5.49. The molecule has 8 nitrogen and oxygen atoms in total. The van der Waals surface area contributed by atoms with Gasteiger partial charge < -0.3 is 19.9 Å². The van der Waals surface area contributed by atoms with Crippen molar-refractivity contribution in [2.75, 3.05) is 17.7 Å². The smallest absolute Gasteiger partial charge is 0.255 e. The molecule has 0 bridgehead atoms. The minimum absolute atomic E-state index is 0.227. The fraction of sp³-hybridized carbons (Fsp3) is 0.148. The van der Waals surface area contributed by atoms with Crippen LogP contribution in [0.3, 0.4) is 0 Å². The average Bonchev–Trinajstić information content (AvgIpc) is 3.35. The van der Waals surface area contributed by atoms with Crippen molar-refractivity contribution in [1.82, 2.24) is 14.3 Å². The summed E-state index contributed by atoms with van der Waals surface area (Å²) in [6, 6.07) is 20.9. The first-order valence-corrected chi connectivity index (χ1v) is 11.1. The predicted octanol–water partition coefficient (Wildman–Crippen LogP) is 4.95. The van der Waals surface area contributed by atoms with Crippen LogP contribution in [0.5, 0.6) is 5.75 Å². The molecule has 0 unspecified atom stereocenters. The van der Waals surface area contributed by atoms with Crippen molar-refractivity contribution in [2.24, 2.45) is 14.1 Å². The number of para-hydroxylation sites is 1. The number of hydrogen-bond donors (Lipinski definition) is 2. The van der Waals surface area contributed by atoms with Crippen molar-refractivity contribution < 1.29 is 14.3 Å². The van der Waals surface area contributed by atoms with Gasteiger partial charge in [0.2, 0.25) is 5.91 Å². The molecule has 8 heteroatoms. The van der Waals surface area contributed by atoms with Crippen LogP contribution >= 0.6 is 0 Å². The van der Waals surface area contributed by atoms with Gasteiger partial charge in [-0.15, -0.1) is 0 Å². The van der Waals surface area contributed by atoms with Gasteiger partial charge in [-0.1, -0.05) is 18.2 Å². The molecule has 176 valence electrons. The van der Waals surface area contributed by atoms with Crippen LogP contribution in [-0.2, 0) is 18.9 Å². The molecule has 0 saturated carbocycles. The molecule has 0 atom stereocenters. The summed E-state index contributed by atoms with van der Waals surface area (Å²) in [5.74, 6) is 0.0157. The standard InChI is InChI=1S/C27H25N5O3/c1-16(33)28-21-15-19(10-12-25(21)35-4)29-27(34)18-9-11-23-20(13-18)26(30-32(23)3)24-14-17-7-5-6-8-22(17)31(24)2/h5-15H,1-4H3,(H,28,33)(H,29,34). The largest absolute Gasteiger partial charge is 0.495 e. The van der Waals surface area contributed by atoms with Crippen molar-refractivity contribution in [3.05, 3.63) is 72.3 Å². The first-order chi connectivity index (χ1) is 16.9. The molecule has 2 amide bonds. The van der Waals surface area contributed by atoms with Gasteiger partial charge in [-0.25, -0.2) is 0 Å². The first-order valence-electron chi connectivity index (χ1n) is 11.1. The van der Waals surface area contributed by atoms with Gasteiger partial charge in [0.05, 0.1) is 24.0 Å². The molecule has 0 fully saturated rings. The van der Waals surface area contributed by atoms with Crippen LogP contribution in [0.2, 0.25) is 0 Å². The summed E-state index contributed by atoms with van der Waals surface area (Å²) >= 11 is 0. The van der Waals surface area contributed by atoms with E-state index in [1.165, 1.54) is 14.0 Å². The van der Waals surface area contributed by atoms with Crippen LogP contribution in [0.1, 0.15) is 17.3 Å². The van der Waals surface area contributed by atoms with Gasteiger partial charge in [0, 0.05) is 48.6 Å². The minimum Gasteiger partial charge on any atom is -0.495 e. The van der Waals surface area contributed by atoms with Crippen molar-refractivity contribution in [2.45, 2.75) is 6.92 Å². The second-order valence-electron chi connectivity index (χ2n) is 8.40. The molecular formula is C27H25N5O3. The normalized spacial score (nSPS) is 11.1. The summed E-state index contributed by atoms with van der Waals surface area (Å²) in [6.07, 6.45) is 0. The summed E-state index contributed by atoms with van der Waals surface area (Å²) in [4.78, 5) is 24.7. The summed E-state index contributed by atoms with van der Waals surface area (Å²) in [7, 11) is 5.44. The van der Waals surface area contributed by atoms with Gasteiger partial charge >= 0.3 is 0 Å². The number of anilines is 2. The number of rotatable bonds is 5. The summed E-state index contributed by atoms with van der Waals surface area (Å²) in [5, 5.41) is 12.4.